The summed E-state index contributed by atoms with van der Waals surface area (Å²) in [7, 11) is 0. The second-order valence-electron chi connectivity index (χ2n) is 12.1. The smallest absolute Gasteiger partial charge is 0.251 e. The zero-order valence-electron chi connectivity index (χ0n) is 23.7. The van der Waals surface area contributed by atoms with Gasteiger partial charge in [0.25, 0.3) is 5.56 Å². The highest BCUT2D eigenvalue weighted by molar-refractivity contribution is 6.35. The number of benzene rings is 1. The second kappa shape index (κ2) is 12.0. The highest BCUT2D eigenvalue weighted by atomic mass is 35.5. The van der Waals surface area contributed by atoms with E-state index in [1.807, 2.05) is 26.0 Å². The van der Waals surface area contributed by atoms with E-state index in [9.17, 15) is 14.4 Å². The molecule has 0 saturated carbocycles. The first-order valence-electron chi connectivity index (χ1n) is 14.0. The Kier molecular flexibility index (Phi) is 8.80. The summed E-state index contributed by atoms with van der Waals surface area (Å²) < 4.78 is 5.51. The Balaban J connectivity index is 1.35. The quantitative estimate of drug-likeness (QED) is 0.440. The molecular formula is C29H38Cl2N6O4. The SMILES string of the molecule is C[C@@H]1CN(CC(=O)N2CC(C)(C)c3[nH]c(=O)c(Cc4ccc(Cl)cc4Cl)cc32)[C@@H](CN2CCOC(C(N)=O)C2)CN1. The molecule has 3 aliphatic rings. The van der Waals surface area contributed by atoms with Crippen molar-refractivity contribution in [1.82, 2.24) is 20.1 Å². The minimum Gasteiger partial charge on any atom is -0.367 e. The molecule has 41 heavy (non-hydrogen) atoms. The van der Waals surface area contributed by atoms with E-state index in [1.165, 1.54) is 0 Å². The van der Waals surface area contributed by atoms with Gasteiger partial charge in [-0.2, -0.15) is 0 Å². The molecule has 4 heterocycles. The Hall–Kier alpha value is -2.47. The number of nitrogens with zero attached hydrogens (tertiary/aromatic N) is 3. The predicted octanol–water partition coefficient (Wildman–Crippen LogP) is 1.75. The lowest BCUT2D eigenvalue weighted by Crippen LogP contribution is -2.62. The molecule has 10 nitrogen and oxygen atoms in total. The number of amides is 2. The van der Waals surface area contributed by atoms with E-state index in [1.54, 1.807) is 17.0 Å². The van der Waals surface area contributed by atoms with Crippen LogP contribution in [0.25, 0.3) is 0 Å². The van der Waals surface area contributed by atoms with Crippen LogP contribution in [0, 0.1) is 0 Å². The van der Waals surface area contributed by atoms with Crippen LogP contribution in [0.4, 0.5) is 5.69 Å². The van der Waals surface area contributed by atoms with Gasteiger partial charge in [0.05, 0.1) is 18.8 Å². The average Bonchev–Trinajstić information content (AvgIpc) is 3.17. The van der Waals surface area contributed by atoms with Crippen molar-refractivity contribution < 1.29 is 14.3 Å². The molecule has 5 rings (SSSR count). The van der Waals surface area contributed by atoms with Crippen LogP contribution in [0.5, 0.6) is 0 Å². The number of halogens is 2. The zero-order chi connectivity index (χ0) is 29.5. The van der Waals surface area contributed by atoms with E-state index in [2.05, 4.69) is 27.0 Å². The van der Waals surface area contributed by atoms with Crippen LogP contribution < -0.4 is 21.5 Å². The van der Waals surface area contributed by atoms with E-state index >= 15 is 0 Å². The lowest BCUT2D eigenvalue weighted by Gasteiger charge is -2.43. The second-order valence-corrected chi connectivity index (χ2v) is 12.9. The van der Waals surface area contributed by atoms with Crippen LogP contribution in [0.2, 0.25) is 10.0 Å². The summed E-state index contributed by atoms with van der Waals surface area (Å²) in [4.78, 5) is 48.0. The Labute approximate surface area is 250 Å². The third-order valence-corrected chi connectivity index (χ3v) is 8.90. The number of hydrogen-bond acceptors (Lipinski definition) is 7. The van der Waals surface area contributed by atoms with Crippen LogP contribution >= 0.6 is 23.2 Å². The number of aromatic amines is 1. The molecule has 4 N–H and O–H groups in total. The Morgan fingerprint density at radius 2 is 1.95 bits per heavy atom. The van der Waals surface area contributed by atoms with Crippen LogP contribution in [0.1, 0.15) is 37.6 Å². The zero-order valence-corrected chi connectivity index (χ0v) is 25.2. The Bertz CT molecular complexity index is 1380. The van der Waals surface area contributed by atoms with Crippen molar-refractivity contribution in [2.24, 2.45) is 5.73 Å². The van der Waals surface area contributed by atoms with Gasteiger partial charge in [0.2, 0.25) is 11.8 Å². The molecule has 3 atom stereocenters. The number of primary amides is 1. The van der Waals surface area contributed by atoms with Crippen molar-refractivity contribution in [1.29, 1.82) is 0 Å². The molecule has 1 aromatic carbocycles. The molecule has 0 aliphatic carbocycles. The topological polar surface area (TPSA) is 124 Å². The monoisotopic (exact) mass is 604 g/mol. The number of pyridine rings is 1. The molecule has 2 fully saturated rings. The van der Waals surface area contributed by atoms with E-state index in [4.69, 9.17) is 33.7 Å². The molecule has 0 radical (unpaired) electrons. The van der Waals surface area contributed by atoms with E-state index in [0.717, 1.165) is 30.0 Å². The number of carbonyl (C=O) groups is 2. The number of nitrogens with two attached hydrogens (primary N) is 1. The van der Waals surface area contributed by atoms with Gasteiger partial charge in [-0.3, -0.25) is 24.2 Å². The van der Waals surface area contributed by atoms with Gasteiger partial charge in [-0.05, 0) is 30.7 Å². The van der Waals surface area contributed by atoms with Crippen LogP contribution in [-0.4, -0.2) is 97.2 Å². The number of anilines is 1. The van der Waals surface area contributed by atoms with Crippen molar-refractivity contribution >= 4 is 40.7 Å². The molecule has 2 saturated heterocycles. The first kappa shape index (κ1) is 30.0. The standard InChI is InChI=1S/C29H38Cl2N6O4/c1-17-12-36(21(11-33-17)13-35-6-7-41-24(14-35)27(32)39)15-25(38)37-16-29(2,3)26-23(37)9-19(28(40)34-26)8-18-4-5-20(30)10-22(18)31/h4-5,9-10,17,21,24,33H,6-8,11-16H2,1-3H3,(H2,32,39)(H,34,40)/t17-,21-,24?/m1/s1. The maximum absolute atomic E-state index is 13.9. The van der Waals surface area contributed by atoms with Gasteiger partial charge < -0.3 is 25.7 Å². The molecule has 12 heteroatoms. The van der Waals surface area contributed by atoms with Gasteiger partial charge >= 0.3 is 0 Å². The van der Waals surface area contributed by atoms with E-state index < -0.39 is 17.4 Å². The van der Waals surface area contributed by atoms with Crippen molar-refractivity contribution in [3.05, 3.63) is 61.5 Å². The lowest BCUT2D eigenvalue weighted by molar-refractivity contribution is -0.135. The number of piperazine rings is 1. The minimum atomic E-state index is -0.614. The fraction of sp³-hybridized carbons (Fsp3) is 0.552. The summed E-state index contributed by atoms with van der Waals surface area (Å²) in [6.07, 6.45) is -0.290. The number of morpholine rings is 1. The fourth-order valence-electron chi connectivity index (χ4n) is 6.08. The van der Waals surface area contributed by atoms with E-state index in [-0.39, 0.29) is 30.1 Å². The first-order chi connectivity index (χ1) is 19.4. The maximum atomic E-state index is 13.9. The maximum Gasteiger partial charge on any atom is 0.251 e. The van der Waals surface area contributed by atoms with Gasteiger partial charge in [-0.25, -0.2) is 0 Å². The molecule has 2 amide bonds. The Morgan fingerprint density at radius 1 is 1.17 bits per heavy atom. The summed E-state index contributed by atoms with van der Waals surface area (Å²) >= 11 is 12.5. The Morgan fingerprint density at radius 3 is 2.68 bits per heavy atom. The van der Waals surface area contributed by atoms with Crippen LogP contribution in [0.3, 0.4) is 0 Å². The van der Waals surface area contributed by atoms with Crippen molar-refractivity contribution in [2.75, 3.05) is 57.3 Å². The van der Waals surface area contributed by atoms with E-state index in [0.29, 0.717) is 54.8 Å². The molecule has 3 aliphatic heterocycles. The predicted molar refractivity (Wildman–Crippen MR) is 160 cm³/mol. The number of nitrogens with one attached hydrogen (secondary N) is 2. The summed E-state index contributed by atoms with van der Waals surface area (Å²) in [6, 6.07) is 7.37. The number of aromatic nitrogens is 1. The highest BCUT2D eigenvalue weighted by Gasteiger charge is 2.41. The van der Waals surface area contributed by atoms with Gasteiger partial charge in [-0.1, -0.05) is 43.1 Å². The number of carbonyl (C=O) groups excluding carboxylic acids is 2. The molecule has 1 unspecified atom stereocenters. The molecule has 1 aromatic heterocycles. The summed E-state index contributed by atoms with van der Waals surface area (Å²) in [5.41, 5.74) is 7.71. The van der Waals surface area contributed by atoms with Gasteiger partial charge in [0.15, 0.2) is 0 Å². The summed E-state index contributed by atoms with van der Waals surface area (Å²) in [5.74, 6) is -0.473. The molecule has 0 bridgehead atoms. The van der Waals surface area contributed by atoms with Crippen molar-refractivity contribution in [3.8, 4) is 0 Å². The number of ether oxygens (including phenoxy) is 1. The van der Waals surface area contributed by atoms with Gasteiger partial charge in [0.1, 0.15) is 6.10 Å². The lowest BCUT2D eigenvalue weighted by atomic mass is 9.91. The molecule has 0 spiro atoms. The minimum absolute atomic E-state index is 0.0181. The fourth-order valence-corrected chi connectivity index (χ4v) is 6.55. The largest absolute Gasteiger partial charge is 0.367 e. The molecular weight excluding hydrogens is 567 g/mol. The molecule has 222 valence electrons. The van der Waals surface area contributed by atoms with Gasteiger partial charge in [-0.15, -0.1) is 0 Å². The third-order valence-electron chi connectivity index (χ3n) is 8.32. The number of fused-ring (bicyclic) bond motifs is 1. The normalized spacial score (nSPS) is 24.8. The third kappa shape index (κ3) is 6.63. The number of hydrogen-bond donors (Lipinski definition) is 3. The summed E-state index contributed by atoms with van der Waals surface area (Å²) in [5, 5.41) is 4.55. The number of H-pyrrole nitrogens is 1. The van der Waals surface area contributed by atoms with Crippen molar-refractivity contribution in [3.63, 3.8) is 0 Å². The van der Waals surface area contributed by atoms with Crippen LogP contribution in [0.15, 0.2) is 29.1 Å². The molecule has 2 aromatic rings. The first-order valence-corrected chi connectivity index (χ1v) is 14.8. The average molecular weight is 606 g/mol. The highest BCUT2D eigenvalue weighted by Crippen LogP contribution is 2.39. The number of rotatable bonds is 7. The van der Waals surface area contributed by atoms with Gasteiger partial charge in [0, 0.05) is 84.5 Å². The van der Waals surface area contributed by atoms with Crippen LogP contribution in [-0.2, 0) is 26.2 Å². The van der Waals surface area contributed by atoms with Crippen molar-refractivity contribution in [2.45, 2.75) is 50.8 Å². The summed E-state index contributed by atoms with van der Waals surface area (Å²) in [6.45, 7) is 10.6.